The largest absolute Gasteiger partial charge is 0.368 e. The summed E-state index contributed by atoms with van der Waals surface area (Å²) in [4.78, 5) is 18.4. The van der Waals surface area contributed by atoms with E-state index >= 15 is 0 Å². The van der Waals surface area contributed by atoms with Gasteiger partial charge in [0, 0.05) is 25.2 Å². The van der Waals surface area contributed by atoms with E-state index < -0.39 is 5.91 Å². The Hall–Kier alpha value is -2.59. The highest BCUT2D eigenvalue weighted by molar-refractivity contribution is 5.80. The van der Waals surface area contributed by atoms with Gasteiger partial charge in [0.05, 0.1) is 11.0 Å². The van der Waals surface area contributed by atoms with Crippen LogP contribution in [0.2, 0.25) is 0 Å². The molecule has 0 radical (unpaired) electrons. The lowest BCUT2D eigenvalue weighted by molar-refractivity contribution is -0.118. The Morgan fingerprint density at radius 3 is 2.31 bits per heavy atom. The highest BCUT2D eigenvalue weighted by Gasteiger charge is 2.28. The van der Waals surface area contributed by atoms with Crippen LogP contribution < -0.4 is 11.4 Å². The number of hydrogen-bond acceptors (Lipinski definition) is 4. The first kappa shape index (κ1) is 19.7. The van der Waals surface area contributed by atoms with Crippen LogP contribution >= 0.6 is 0 Å². The van der Waals surface area contributed by atoms with E-state index in [1.54, 1.807) is 4.57 Å². The topological polar surface area (TPSA) is 92.3 Å². The van der Waals surface area contributed by atoms with Gasteiger partial charge in [0.25, 0.3) is 0 Å². The van der Waals surface area contributed by atoms with Crippen molar-refractivity contribution in [2.45, 2.75) is 70.0 Å². The van der Waals surface area contributed by atoms with Crippen LogP contribution in [0.25, 0.3) is 11.0 Å². The van der Waals surface area contributed by atoms with Crippen molar-refractivity contribution in [3.8, 4) is 6.19 Å². The van der Waals surface area contributed by atoms with E-state index in [-0.39, 0.29) is 12.6 Å². The number of piperidine rings is 1. The zero-order chi connectivity index (χ0) is 20.2. The third-order valence-electron chi connectivity index (χ3n) is 6.56. The lowest BCUT2D eigenvalue weighted by atomic mass is 9.99. The number of nitriles is 1. The number of primary amides is 1. The molecule has 1 aliphatic carbocycles. The zero-order valence-electron chi connectivity index (χ0n) is 17.0. The lowest BCUT2D eigenvalue weighted by Gasteiger charge is -2.38. The second kappa shape index (κ2) is 8.83. The molecule has 7 heteroatoms. The van der Waals surface area contributed by atoms with Gasteiger partial charge in [0.15, 0.2) is 0 Å². The maximum Gasteiger partial charge on any atom is 0.237 e. The van der Waals surface area contributed by atoms with Gasteiger partial charge in [-0.05, 0) is 37.8 Å². The third-order valence-corrected chi connectivity index (χ3v) is 6.56. The number of likely N-dealkylation sites (tertiary alicyclic amines) is 1. The number of imidazole rings is 1. The van der Waals surface area contributed by atoms with Crippen LogP contribution in [-0.2, 0) is 11.3 Å². The molecule has 2 aromatic rings. The second-order valence-corrected chi connectivity index (χ2v) is 8.34. The Morgan fingerprint density at radius 2 is 1.69 bits per heavy atom. The van der Waals surface area contributed by atoms with Gasteiger partial charge in [-0.25, -0.2) is 0 Å². The van der Waals surface area contributed by atoms with Crippen LogP contribution in [0.5, 0.6) is 0 Å². The SMILES string of the molecule is N#CN=c1n(CC(N)=O)c2ccccc2n1C1CCN(C2CCCCCC2)CC1. The van der Waals surface area contributed by atoms with Crippen molar-refractivity contribution in [1.29, 1.82) is 5.26 Å². The first-order chi connectivity index (χ1) is 14.2. The van der Waals surface area contributed by atoms with Gasteiger partial charge in [-0.3, -0.25) is 9.36 Å². The highest BCUT2D eigenvalue weighted by atomic mass is 16.1. The molecule has 7 nitrogen and oxygen atoms in total. The molecule has 2 aliphatic rings. The van der Waals surface area contributed by atoms with E-state index in [0.29, 0.717) is 5.62 Å². The number of hydrogen-bond donors (Lipinski definition) is 1. The molecule has 0 bridgehead atoms. The number of benzene rings is 1. The fourth-order valence-electron chi connectivity index (χ4n) is 5.20. The average Bonchev–Trinajstić information content (AvgIpc) is 2.89. The summed E-state index contributed by atoms with van der Waals surface area (Å²) in [7, 11) is 0. The van der Waals surface area contributed by atoms with E-state index in [4.69, 9.17) is 5.73 Å². The summed E-state index contributed by atoms with van der Waals surface area (Å²) in [5.41, 5.74) is 7.91. The van der Waals surface area contributed by atoms with Crippen molar-refractivity contribution in [3.63, 3.8) is 0 Å². The summed E-state index contributed by atoms with van der Waals surface area (Å²) in [5, 5.41) is 9.30. The van der Waals surface area contributed by atoms with Crippen molar-refractivity contribution in [2.24, 2.45) is 10.7 Å². The standard InChI is InChI=1S/C22H30N6O/c23-16-25-22-27(15-21(24)29)19-9-5-6-10-20(19)28(22)18-11-13-26(14-12-18)17-7-3-1-2-4-8-17/h5-6,9-10,17-18H,1-4,7-8,11-15H2,(H2,24,29). The van der Waals surface area contributed by atoms with Crippen LogP contribution in [0, 0.1) is 11.5 Å². The Morgan fingerprint density at radius 1 is 1.03 bits per heavy atom. The van der Waals surface area contributed by atoms with Gasteiger partial charge in [-0.1, -0.05) is 37.8 Å². The summed E-state index contributed by atoms with van der Waals surface area (Å²) in [5.74, 6) is -0.435. The quantitative estimate of drug-likeness (QED) is 0.638. The van der Waals surface area contributed by atoms with Crippen LogP contribution in [-0.4, -0.2) is 39.1 Å². The molecule has 29 heavy (non-hydrogen) atoms. The molecule has 2 N–H and O–H groups in total. The molecular weight excluding hydrogens is 364 g/mol. The maximum atomic E-state index is 11.7. The monoisotopic (exact) mass is 394 g/mol. The minimum atomic E-state index is -0.435. The number of carbonyl (C=O) groups is 1. The number of amides is 1. The average molecular weight is 395 g/mol. The molecule has 4 rings (SSSR count). The van der Waals surface area contributed by atoms with Gasteiger partial charge in [-0.2, -0.15) is 5.26 Å². The Bertz CT molecular complexity index is 965. The minimum absolute atomic E-state index is 0.0228. The van der Waals surface area contributed by atoms with E-state index in [9.17, 15) is 10.1 Å². The van der Waals surface area contributed by atoms with Crippen molar-refractivity contribution in [2.75, 3.05) is 13.1 Å². The molecule has 1 saturated carbocycles. The zero-order valence-corrected chi connectivity index (χ0v) is 17.0. The smallest absolute Gasteiger partial charge is 0.237 e. The molecule has 1 aromatic heterocycles. The number of aromatic nitrogens is 2. The van der Waals surface area contributed by atoms with Gasteiger partial charge >= 0.3 is 0 Å². The van der Waals surface area contributed by atoms with Crippen molar-refractivity contribution in [1.82, 2.24) is 14.0 Å². The minimum Gasteiger partial charge on any atom is -0.368 e. The second-order valence-electron chi connectivity index (χ2n) is 8.34. The van der Waals surface area contributed by atoms with E-state index in [2.05, 4.69) is 14.5 Å². The van der Waals surface area contributed by atoms with E-state index in [1.807, 2.05) is 30.5 Å². The highest BCUT2D eigenvalue weighted by Crippen LogP contribution is 2.30. The van der Waals surface area contributed by atoms with Gasteiger partial charge in [0.1, 0.15) is 6.54 Å². The Balaban J connectivity index is 1.64. The number of nitrogens with two attached hydrogens (primary N) is 1. The number of para-hydroxylation sites is 2. The summed E-state index contributed by atoms with van der Waals surface area (Å²) in [6.07, 6.45) is 12.1. The van der Waals surface area contributed by atoms with Crippen LogP contribution in [0.15, 0.2) is 29.3 Å². The molecule has 0 atom stereocenters. The number of nitrogens with zero attached hydrogens (tertiary/aromatic N) is 5. The molecule has 1 amide bonds. The summed E-state index contributed by atoms with van der Waals surface area (Å²) in [6, 6.07) is 8.93. The first-order valence-corrected chi connectivity index (χ1v) is 10.8. The predicted molar refractivity (Wildman–Crippen MR) is 112 cm³/mol. The summed E-state index contributed by atoms with van der Waals surface area (Å²) >= 11 is 0. The maximum absolute atomic E-state index is 11.7. The molecule has 0 unspecified atom stereocenters. The Labute approximate surface area is 171 Å². The lowest BCUT2D eigenvalue weighted by Crippen LogP contribution is -2.43. The van der Waals surface area contributed by atoms with Gasteiger partial charge in [0.2, 0.25) is 17.7 Å². The molecular formula is C22H30N6O. The van der Waals surface area contributed by atoms with Gasteiger partial charge < -0.3 is 15.2 Å². The van der Waals surface area contributed by atoms with Crippen LogP contribution in [0.4, 0.5) is 0 Å². The fourth-order valence-corrected chi connectivity index (χ4v) is 5.20. The van der Waals surface area contributed by atoms with Crippen molar-refractivity contribution < 1.29 is 4.79 Å². The molecule has 2 heterocycles. The van der Waals surface area contributed by atoms with Gasteiger partial charge in [-0.15, -0.1) is 4.99 Å². The fraction of sp³-hybridized carbons (Fsp3) is 0.591. The molecule has 1 saturated heterocycles. The number of fused-ring (bicyclic) bond motifs is 1. The number of rotatable bonds is 4. The Kier molecular flexibility index (Phi) is 6.00. The molecule has 154 valence electrons. The normalized spacial score (nSPS) is 20.6. The molecule has 2 fully saturated rings. The molecule has 0 spiro atoms. The number of carbonyl (C=O) groups excluding carboxylic acids is 1. The van der Waals surface area contributed by atoms with E-state index in [1.165, 1.54) is 38.5 Å². The molecule has 1 aromatic carbocycles. The predicted octanol–water partition coefficient (Wildman–Crippen LogP) is 2.67. The van der Waals surface area contributed by atoms with Crippen molar-refractivity contribution >= 4 is 16.9 Å². The third kappa shape index (κ3) is 4.08. The van der Waals surface area contributed by atoms with Crippen LogP contribution in [0.1, 0.15) is 57.4 Å². The molecule has 1 aliphatic heterocycles. The van der Waals surface area contributed by atoms with Crippen molar-refractivity contribution in [3.05, 3.63) is 29.9 Å². The van der Waals surface area contributed by atoms with E-state index in [0.717, 1.165) is 43.0 Å². The van der Waals surface area contributed by atoms with Crippen LogP contribution in [0.3, 0.4) is 0 Å². The summed E-state index contributed by atoms with van der Waals surface area (Å²) < 4.78 is 3.94. The first-order valence-electron chi connectivity index (χ1n) is 10.8. The summed E-state index contributed by atoms with van der Waals surface area (Å²) in [6.45, 7) is 2.17.